The number of fused-ring (bicyclic) bond motifs is 1. The summed E-state index contributed by atoms with van der Waals surface area (Å²) in [5.41, 5.74) is 1.75. The van der Waals surface area contributed by atoms with E-state index in [2.05, 4.69) is 15.0 Å². The molecule has 3 aromatic rings. The number of pyridine rings is 1. The Morgan fingerprint density at radius 2 is 1.86 bits per heavy atom. The van der Waals surface area contributed by atoms with Gasteiger partial charge in [0.15, 0.2) is 11.6 Å². The van der Waals surface area contributed by atoms with E-state index >= 15 is 0 Å². The van der Waals surface area contributed by atoms with Crippen molar-refractivity contribution < 1.29 is 22.7 Å². The Bertz CT molecular complexity index is 1450. The van der Waals surface area contributed by atoms with E-state index < -0.39 is 10.0 Å². The number of anilines is 2. The monoisotopic (exact) mass is 564 g/mol. The Morgan fingerprint density at radius 3 is 2.62 bits per heavy atom. The lowest BCUT2D eigenvalue weighted by Gasteiger charge is -2.16. The van der Waals surface area contributed by atoms with E-state index in [4.69, 9.17) is 32.7 Å². The van der Waals surface area contributed by atoms with Crippen LogP contribution in [0.3, 0.4) is 0 Å². The molecule has 0 spiro atoms. The molecule has 0 saturated carbocycles. The van der Waals surface area contributed by atoms with Gasteiger partial charge in [0.25, 0.3) is 10.0 Å². The first-order valence-electron chi connectivity index (χ1n) is 11.3. The fourth-order valence-electron chi connectivity index (χ4n) is 3.62. The van der Waals surface area contributed by atoms with Gasteiger partial charge in [0.2, 0.25) is 5.91 Å². The number of aromatic nitrogens is 1. The third kappa shape index (κ3) is 6.45. The summed E-state index contributed by atoms with van der Waals surface area (Å²) in [5, 5.41) is 3.42. The average molecular weight is 565 g/mol. The number of nitrogens with one attached hydrogen (secondary N) is 2. The minimum Gasteiger partial charge on any atom is -0.491 e. The highest BCUT2D eigenvalue weighted by atomic mass is 35.5. The number of rotatable bonds is 10. The van der Waals surface area contributed by atoms with Crippen molar-refractivity contribution >= 4 is 50.8 Å². The minimum atomic E-state index is -4.06. The quantitative estimate of drug-likeness (QED) is 0.372. The number of nitrogens with zero attached hydrogens (tertiary/aromatic N) is 2. The fraction of sp³-hybridized carbons (Fsp3) is 0.280. The first-order valence-corrected chi connectivity index (χ1v) is 13.6. The zero-order valence-electron chi connectivity index (χ0n) is 20.5. The number of hydrogen-bond acceptors (Lipinski definition) is 7. The van der Waals surface area contributed by atoms with Crippen molar-refractivity contribution in [3.8, 4) is 11.5 Å². The van der Waals surface area contributed by atoms with Crippen molar-refractivity contribution in [2.75, 3.05) is 37.3 Å². The molecule has 4 rings (SSSR count). The van der Waals surface area contributed by atoms with E-state index in [0.717, 1.165) is 12.1 Å². The molecule has 0 atom stereocenters. The van der Waals surface area contributed by atoms with E-state index in [9.17, 15) is 13.2 Å². The van der Waals surface area contributed by atoms with E-state index in [1.807, 2.05) is 19.0 Å². The number of amides is 1. The van der Waals surface area contributed by atoms with Crippen LogP contribution in [0.5, 0.6) is 11.5 Å². The topological polar surface area (TPSA) is 110 Å². The van der Waals surface area contributed by atoms with Gasteiger partial charge in [-0.05, 0) is 62.5 Å². The van der Waals surface area contributed by atoms with Crippen LogP contribution < -0.4 is 19.5 Å². The smallest absolute Gasteiger partial charge is 0.263 e. The third-order valence-electron chi connectivity index (χ3n) is 5.60. The molecule has 2 aromatic carbocycles. The van der Waals surface area contributed by atoms with Gasteiger partial charge in [-0.2, -0.15) is 0 Å². The van der Waals surface area contributed by atoms with Crippen LogP contribution in [0.15, 0.2) is 47.4 Å². The molecule has 0 unspecified atom stereocenters. The number of carbonyl (C=O) groups excluding carboxylic acids is 1. The maximum absolute atomic E-state index is 13.2. The SMILES string of the molecule is Cc1c(Cl)cccc1S(=O)(=O)Nc1nc2c(cc1OCc1ccc(Cl)c(OCCN(C)C)c1)CC(=O)N2. The summed E-state index contributed by atoms with van der Waals surface area (Å²) >= 11 is 12.4. The summed E-state index contributed by atoms with van der Waals surface area (Å²) in [6, 6.07) is 11.5. The molecule has 9 nitrogen and oxygen atoms in total. The minimum absolute atomic E-state index is 0.00880. The van der Waals surface area contributed by atoms with Crippen LogP contribution in [0, 0.1) is 6.92 Å². The lowest BCUT2D eigenvalue weighted by atomic mass is 10.2. The Labute approximate surface area is 225 Å². The number of ether oxygens (including phenoxy) is 2. The maximum Gasteiger partial charge on any atom is 0.263 e. The Hall–Kier alpha value is -3.05. The van der Waals surface area contributed by atoms with Crippen LogP contribution in [0.2, 0.25) is 10.0 Å². The van der Waals surface area contributed by atoms with Crippen LogP contribution in [0.4, 0.5) is 11.6 Å². The predicted octanol–water partition coefficient (Wildman–Crippen LogP) is 4.51. The summed E-state index contributed by atoms with van der Waals surface area (Å²) in [4.78, 5) is 18.3. The van der Waals surface area contributed by atoms with Crippen molar-refractivity contribution in [3.05, 3.63) is 69.2 Å². The zero-order valence-corrected chi connectivity index (χ0v) is 22.8. The highest BCUT2D eigenvalue weighted by Crippen LogP contribution is 2.35. The van der Waals surface area contributed by atoms with E-state index in [-0.39, 0.29) is 41.2 Å². The van der Waals surface area contributed by atoms with Gasteiger partial charge in [0, 0.05) is 17.1 Å². The molecule has 1 aliphatic rings. The molecule has 0 radical (unpaired) electrons. The Balaban J connectivity index is 1.60. The van der Waals surface area contributed by atoms with E-state index in [1.54, 1.807) is 43.3 Å². The van der Waals surface area contributed by atoms with Crippen LogP contribution in [-0.2, 0) is 27.8 Å². The molecule has 0 bridgehead atoms. The summed E-state index contributed by atoms with van der Waals surface area (Å²) in [7, 11) is -0.170. The molecular formula is C25H26Cl2N4O5S. The summed E-state index contributed by atoms with van der Waals surface area (Å²) in [6.45, 7) is 2.87. The summed E-state index contributed by atoms with van der Waals surface area (Å²) < 4.78 is 40.7. The number of halogens is 2. The Morgan fingerprint density at radius 1 is 1.08 bits per heavy atom. The van der Waals surface area contributed by atoms with Gasteiger partial charge in [0.05, 0.1) is 16.3 Å². The zero-order chi connectivity index (χ0) is 26.7. The highest BCUT2D eigenvalue weighted by molar-refractivity contribution is 7.92. The number of carbonyl (C=O) groups is 1. The predicted molar refractivity (Wildman–Crippen MR) is 143 cm³/mol. The molecule has 0 fully saturated rings. The van der Waals surface area contributed by atoms with Crippen molar-refractivity contribution in [1.29, 1.82) is 0 Å². The number of hydrogen-bond donors (Lipinski definition) is 2. The molecule has 0 saturated heterocycles. The van der Waals surface area contributed by atoms with Gasteiger partial charge in [-0.3, -0.25) is 9.52 Å². The first-order chi connectivity index (χ1) is 17.5. The number of likely N-dealkylation sites (N-methyl/N-ethyl adjacent to an activating group) is 1. The van der Waals surface area contributed by atoms with E-state index in [1.165, 1.54) is 6.07 Å². The average Bonchev–Trinajstić information content (AvgIpc) is 3.19. The lowest BCUT2D eigenvalue weighted by Crippen LogP contribution is -2.19. The van der Waals surface area contributed by atoms with Crippen molar-refractivity contribution in [2.45, 2.75) is 24.8 Å². The standard InChI is InChI=1S/C25H26Cl2N4O5S/c1-15-18(26)5-4-6-22(15)37(33,34)30-25-21(12-17-13-23(32)28-24(17)29-25)36-14-16-7-8-19(27)20(11-16)35-10-9-31(2)3/h4-8,11-12H,9-10,13-14H2,1-3H3,(H2,28,29,30,32). The van der Waals surface area contributed by atoms with Gasteiger partial charge in [-0.1, -0.05) is 35.3 Å². The van der Waals surface area contributed by atoms with Crippen LogP contribution in [-0.4, -0.2) is 51.5 Å². The van der Waals surface area contributed by atoms with Crippen molar-refractivity contribution in [3.63, 3.8) is 0 Å². The van der Waals surface area contributed by atoms with Crippen LogP contribution in [0.1, 0.15) is 16.7 Å². The molecule has 1 amide bonds. The molecule has 37 heavy (non-hydrogen) atoms. The van der Waals surface area contributed by atoms with Gasteiger partial charge in [-0.15, -0.1) is 0 Å². The second-order valence-corrected chi connectivity index (χ2v) is 11.2. The van der Waals surface area contributed by atoms with Crippen molar-refractivity contribution in [1.82, 2.24) is 9.88 Å². The maximum atomic E-state index is 13.2. The van der Waals surface area contributed by atoms with Gasteiger partial charge in [-0.25, -0.2) is 13.4 Å². The van der Waals surface area contributed by atoms with Gasteiger partial charge >= 0.3 is 0 Å². The van der Waals surface area contributed by atoms with Gasteiger partial charge < -0.3 is 19.7 Å². The van der Waals surface area contributed by atoms with Crippen LogP contribution in [0.25, 0.3) is 0 Å². The molecule has 12 heteroatoms. The highest BCUT2D eigenvalue weighted by Gasteiger charge is 2.26. The molecule has 1 aliphatic heterocycles. The molecule has 196 valence electrons. The first kappa shape index (κ1) is 27.0. The fourth-order valence-corrected chi connectivity index (χ4v) is 5.30. The van der Waals surface area contributed by atoms with Crippen molar-refractivity contribution in [2.24, 2.45) is 0 Å². The Kier molecular flexibility index (Phi) is 8.13. The molecule has 0 aliphatic carbocycles. The summed E-state index contributed by atoms with van der Waals surface area (Å²) in [5.74, 6) is 0.668. The number of sulfonamides is 1. The second kappa shape index (κ2) is 11.1. The number of benzene rings is 2. The normalized spacial score (nSPS) is 12.9. The lowest BCUT2D eigenvalue weighted by molar-refractivity contribution is -0.115. The molecular weight excluding hydrogens is 539 g/mol. The third-order valence-corrected chi connectivity index (χ3v) is 7.80. The van der Waals surface area contributed by atoms with E-state index in [0.29, 0.717) is 33.5 Å². The summed E-state index contributed by atoms with van der Waals surface area (Å²) in [6.07, 6.45) is 0.115. The van der Waals surface area contributed by atoms with Gasteiger partial charge in [0.1, 0.15) is 24.8 Å². The molecule has 2 N–H and O–H groups in total. The molecule has 2 heterocycles. The van der Waals surface area contributed by atoms with Crippen LogP contribution >= 0.6 is 23.2 Å². The molecule has 1 aromatic heterocycles. The largest absolute Gasteiger partial charge is 0.491 e. The second-order valence-electron chi connectivity index (χ2n) is 8.74.